The number of hydrogen-bond acceptors (Lipinski definition) is 3. The molecule has 1 amide bonds. The molecule has 1 heterocycles. The number of thioether (sulfide) groups is 1. The van der Waals surface area contributed by atoms with Crippen molar-refractivity contribution in [3.8, 4) is 0 Å². The number of hydrogen-bond donors (Lipinski definition) is 0. The average Bonchev–Trinajstić information content (AvgIpc) is 2.48. The van der Waals surface area contributed by atoms with E-state index in [-0.39, 0.29) is 19.9 Å². The van der Waals surface area contributed by atoms with Crippen LogP contribution in [0.25, 0.3) is 0 Å². The van der Waals surface area contributed by atoms with Crippen molar-refractivity contribution in [2.24, 2.45) is 0 Å². The Labute approximate surface area is 111 Å². The molecule has 1 aliphatic rings. The van der Waals surface area contributed by atoms with E-state index >= 15 is 0 Å². The van der Waals surface area contributed by atoms with Gasteiger partial charge in [-0.3, -0.25) is 9.46 Å². The van der Waals surface area contributed by atoms with Crippen LogP contribution in [0.3, 0.4) is 0 Å². The summed E-state index contributed by atoms with van der Waals surface area (Å²) in [5, 5.41) is 1.72. The monoisotopic (exact) mass is 289 g/mol. The number of amides is 1. The predicted molar refractivity (Wildman–Crippen MR) is 75.9 cm³/mol. The molecule has 2 atom stereocenters. The molecule has 2 nitrogen and oxygen atoms in total. The normalized spacial score (nSPS) is 21.4. The highest BCUT2D eigenvalue weighted by Crippen LogP contribution is 2.34. The summed E-state index contributed by atoms with van der Waals surface area (Å²) in [5.41, 5.74) is 0. The van der Waals surface area contributed by atoms with E-state index in [1.54, 1.807) is 4.67 Å². The first-order chi connectivity index (χ1) is 7.58. The summed E-state index contributed by atoms with van der Waals surface area (Å²) in [7, 11) is 0.264. The van der Waals surface area contributed by atoms with Gasteiger partial charge in [0, 0.05) is 13.8 Å². The quantitative estimate of drug-likeness (QED) is 0.617. The van der Waals surface area contributed by atoms with Gasteiger partial charge in [-0.1, -0.05) is 47.7 Å². The molecule has 0 aliphatic carbocycles. The molecule has 84 valence electrons. The number of carbonyl (C=O) groups is 1. The molecule has 6 heteroatoms. The molecule has 0 N–H and O–H groups in total. The lowest BCUT2D eigenvalue weighted by molar-refractivity contribution is -0.122. The molecule has 16 heavy (non-hydrogen) atoms. The van der Waals surface area contributed by atoms with Gasteiger partial charge in [-0.05, 0) is 24.4 Å². The minimum absolute atomic E-state index is 0.0488. The summed E-state index contributed by atoms with van der Waals surface area (Å²) in [5.74, 6) is 0.100. The van der Waals surface area contributed by atoms with Crippen molar-refractivity contribution >= 4 is 59.8 Å². The topological polar surface area (TPSA) is 20.3 Å². The van der Waals surface area contributed by atoms with Crippen molar-refractivity contribution in [2.75, 3.05) is 0 Å². The van der Waals surface area contributed by atoms with Crippen molar-refractivity contribution in [1.29, 1.82) is 0 Å². The average molecular weight is 290 g/mol. The Kier molecular flexibility index (Phi) is 3.85. The van der Waals surface area contributed by atoms with Crippen molar-refractivity contribution in [2.45, 2.75) is 12.2 Å². The van der Waals surface area contributed by atoms with Gasteiger partial charge in [-0.25, -0.2) is 0 Å². The fourth-order valence-corrected chi connectivity index (χ4v) is 4.13. The minimum Gasteiger partial charge on any atom is -0.273 e. The van der Waals surface area contributed by atoms with Crippen molar-refractivity contribution in [3.05, 3.63) is 29.3 Å². The first kappa shape index (κ1) is 12.3. The zero-order valence-electron chi connectivity index (χ0n) is 8.44. The lowest BCUT2D eigenvalue weighted by Gasteiger charge is -2.14. The van der Waals surface area contributed by atoms with Gasteiger partial charge in [0.1, 0.15) is 4.32 Å². The van der Waals surface area contributed by atoms with Crippen molar-refractivity contribution in [1.82, 2.24) is 4.67 Å². The zero-order valence-corrected chi connectivity index (χ0v) is 11.8. The largest absolute Gasteiger partial charge is 0.273 e. The zero-order chi connectivity index (χ0) is 11.7. The molecule has 0 aromatic heterocycles. The van der Waals surface area contributed by atoms with E-state index in [0.29, 0.717) is 9.34 Å². The molecule has 1 fully saturated rings. The Balaban J connectivity index is 2.13. The van der Waals surface area contributed by atoms with Gasteiger partial charge in [-0.2, -0.15) is 0 Å². The van der Waals surface area contributed by atoms with Crippen molar-refractivity contribution in [3.63, 3.8) is 0 Å². The lowest BCUT2D eigenvalue weighted by atomic mass is 10.4. The summed E-state index contributed by atoms with van der Waals surface area (Å²) in [6.07, 6.45) is 0. The fraction of sp³-hybridized carbons (Fsp3) is 0.200. The number of thiocarbonyl (C=S) groups is 1. The van der Waals surface area contributed by atoms with Gasteiger partial charge in [0.15, 0.2) is 0 Å². The second kappa shape index (κ2) is 5.01. The second-order valence-electron chi connectivity index (χ2n) is 3.32. The molecule has 1 aliphatic heterocycles. The molecule has 0 spiro atoms. The Morgan fingerprint density at radius 1 is 1.44 bits per heavy atom. The van der Waals surface area contributed by atoms with Gasteiger partial charge in [0.2, 0.25) is 5.91 Å². The highest BCUT2D eigenvalue weighted by Gasteiger charge is 2.33. The third-order valence-corrected chi connectivity index (χ3v) is 5.36. The maximum Gasteiger partial charge on any atom is 0.244 e. The molecule has 0 saturated carbocycles. The van der Waals surface area contributed by atoms with E-state index in [4.69, 9.17) is 23.8 Å². The number of benzene rings is 1. The highest BCUT2D eigenvalue weighted by atomic mass is 35.5. The Morgan fingerprint density at radius 3 is 2.56 bits per heavy atom. The SMILES string of the molecule is CC1SC(=S)N(Pc2ccc(Cl)cc2)C1=O. The van der Waals surface area contributed by atoms with Crippen LogP contribution in [0.2, 0.25) is 5.02 Å². The predicted octanol–water partition coefficient (Wildman–Crippen LogP) is 2.81. The van der Waals surface area contributed by atoms with Crippen LogP contribution in [0.5, 0.6) is 0 Å². The first-order valence-corrected chi connectivity index (χ1v) is 7.26. The van der Waals surface area contributed by atoms with Gasteiger partial charge in [0.25, 0.3) is 0 Å². The summed E-state index contributed by atoms with van der Waals surface area (Å²) >= 11 is 12.4. The van der Waals surface area contributed by atoms with Crippen LogP contribution in [-0.2, 0) is 4.79 Å². The Morgan fingerprint density at radius 2 is 2.06 bits per heavy atom. The van der Waals surface area contributed by atoms with Crippen LogP contribution in [0.15, 0.2) is 24.3 Å². The van der Waals surface area contributed by atoms with Crippen LogP contribution in [0, 0.1) is 0 Å². The fourth-order valence-electron chi connectivity index (χ4n) is 1.28. The maximum atomic E-state index is 11.8. The summed E-state index contributed by atoms with van der Waals surface area (Å²) in [6.45, 7) is 1.88. The Bertz CT molecular complexity index is 437. The van der Waals surface area contributed by atoms with Crippen molar-refractivity contribution < 1.29 is 4.79 Å². The molecular weight excluding hydrogens is 281 g/mol. The van der Waals surface area contributed by atoms with Gasteiger partial charge >= 0.3 is 0 Å². The number of nitrogens with zero attached hydrogens (tertiary/aromatic N) is 1. The molecule has 1 aromatic rings. The van der Waals surface area contributed by atoms with Gasteiger partial charge in [0.05, 0.1) is 5.25 Å². The summed E-state index contributed by atoms with van der Waals surface area (Å²) in [4.78, 5) is 11.8. The molecule has 2 unspecified atom stereocenters. The lowest BCUT2D eigenvalue weighted by Crippen LogP contribution is -2.24. The summed E-state index contributed by atoms with van der Waals surface area (Å²) < 4.78 is 2.35. The van der Waals surface area contributed by atoms with Crippen LogP contribution < -0.4 is 5.30 Å². The van der Waals surface area contributed by atoms with E-state index in [2.05, 4.69) is 0 Å². The molecular formula is C10H9ClNOPS2. The molecule has 1 saturated heterocycles. The molecule has 0 radical (unpaired) electrons. The first-order valence-electron chi connectivity index (χ1n) is 4.65. The highest BCUT2D eigenvalue weighted by molar-refractivity contribution is 8.24. The third kappa shape index (κ3) is 2.57. The molecule has 1 aromatic carbocycles. The van der Waals surface area contributed by atoms with E-state index in [9.17, 15) is 4.79 Å². The Hall–Kier alpha value is -0.150. The van der Waals surface area contributed by atoms with Crippen LogP contribution in [0.4, 0.5) is 0 Å². The van der Waals surface area contributed by atoms with E-state index in [1.807, 2.05) is 31.2 Å². The van der Waals surface area contributed by atoms with E-state index in [1.165, 1.54) is 11.8 Å². The number of rotatable bonds is 2. The molecule has 2 rings (SSSR count). The third-order valence-electron chi connectivity index (χ3n) is 2.11. The van der Waals surface area contributed by atoms with E-state index in [0.717, 1.165) is 5.30 Å². The maximum absolute atomic E-state index is 11.8. The van der Waals surface area contributed by atoms with Crippen LogP contribution >= 0.6 is 44.3 Å². The van der Waals surface area contributed by atoms with Crippen LogP contribution in [-0.4, -0.2) is 20.1 Å². The van der Waals surface area contributed by atoms with Crippen LogP contribution in [0.1, 0.15) is 6.92 Å². The number of carbonyl (C=O) groups excluding carboxylic acids is 1. The summed E-state index contributed by atoms with van der Waals surface area (Å²) in [6, 6.07) is 7.49. The molecule has 0 bridgehead atoms. The van der Waals surface area contributed by atoms with Gasteiger partial charge in [-0.15, -0.1) is 0 Å². The smallest absolute Gasteiger partial charge is 0.244 e. The van der Waals surface area contributed by atoms with Gasteiger partial charge < -0.3 is 0 Å². The van der Waals surface area contributed by atoms with E-state index < -0.39 is 0 Å². The standard InChI is InChI=1S/C10H9ClNOPS2/c1-6-9(13)12(10(15)16-6)14-8-4-2-7(11)3-5-8/h2-6,14H,1H3. The minimum atomic E-state index is -0.0488. The second-order valence-corrected chi connectivity index (χ2v) is 6.98. The number of halogens is 1.